The lowest BCUT2D eigenvalue weighted by Crippen LogP contribution is -2.38. The standard InChI is InChI=1S/C23H18F3N7O2/c1-12(13-5-8-18(28-11-13)23(24,25)26)33-21-19(16(10-27)31-33)22(34)30-20(29-21)15-7-6-14(15)17-4-2-3-9-32(17)35/h2-5,8-9,11-12,14-15H,6-7H2,1H3,(H,29,30,34)/t12?,14-,15-/m1/s1. The fourth-order valence-corrected chi connectivity index (χ4v) is 4.46. The van der Waals surface area contributed by atoms with Crippen LogP contribution in [0, 0.1) is 16.5 Å². The lowest BCUT2D eigenvalue weighted by molar-refractivity contribution is -0.616. The maximum absolute atomic E-state index is 13.0. The van der Waals surface area contributed by atoms with E-state index in [0.717, 1.165) is 23.4 Å². The summed E-state index contributed by atoms with van der Waals surface area (Å²) in [5.74, 6) is 0.00950. The van der Waals surface area contributed by atoms with Gasteiger partial charge >= 0.3 is 6.18 Å². The van der Waals surface area contributed by atoms with E-state index in [1.54, 1.807) is 25.1 Å². The SMILES string of the molecule is CC(c1ccc(C(F)(F)F)nc1)n1nc(C#N)c2c(=O)[nH]c([C@@H]3CC[C@H]3c3cccc[n+]3[O-])nc21. The van der Waals surface area contributed by atoms with E-state index in [4.69, 9.17) is 0 Å². The molecule has 0 amide bonds. The number of fused-ring (bicyclic) bond motifs is 1. The highest BCUT2D eigenvalue weighted by Crippen LogP contribution is 2.47. The van der Waals surface area contributed by atoms with Crippen molar-refractivity contribution in [3.05, 3.63) is 86.8 Å². The highest BCUT2D eigenvalue weighted by atomic mass is 19.4. The van der Waals surface area contributed by atoms with Crippen LogP contribution < -0.4 is 10.3 Å². The molecule has 4 heterocycles. The van der Waals surface area contributed by atoms with Gasteiger partial charge in [-0.1, -0.05) is 12.1 Å². The second-order valence-electron chi connectivity index (χ2n) is 8.45. The van der Waals surface area contributed by atoms with Gasteiger partial charge in [0.15, 0.2) is 23.2 Å². The van der Waals surface area contributed by atoms with Gasteiger partial charge < -0.3 is 10.2 Å². The quantitative estimate of drug-likeness (QED) is 0.352. The Bertz CT molecular complexity index is 1520. The molecule has 4 aromatic heterocycles. The third-order valence-electron chi connectivity index (χ3n) is 6.47. The minimum atomic E-state index is -4.57. The number of nitrogens with one attached hydrogen (secondary N) is 1. The van der Waals surface area contributed by atoms with Crippen molar-refractivity contribution < 1.29 is 17.9 Å². The summed E-state index contributed by atoms with van der Waals surface area (Å²) in [4.78, 5) is 23.8. The van der Waals surface area contributed by atoms with Crippen LogP contribution in [0.4, 0.5) is 13.2 Å². The second-order valence-corrected chi connectivity index (χ2v) is 8.45. The highest BCUT2D eigenvalue weighted by molar-refractivity contribution is 5.80. The number of aromatic nitrogens is 6. The Morgan fingerprint density at radius 1 is 1.26 bits per heavy atom. The first-order valence-electron chi connectivity index (χ1n) is 10.8. The van der Waals surface area contributed by atoms with E-state index in [2.05, 4.69) is 20.1 Å². The van der Waals surface area contributed by atoms with Crippen molar-refractivity contribution in [1.82, 2.24) is 24.7 Å². The summed E-state index contributed by atoms with van der Waals surface area (Å²) in [6.07, 6.45) is -0.623. The maximum atomic E-state index is 13.0. The number of halogens is 3. The minimum Gasteiger partial charge on any atom is -0.618 e. The number of hydrogen-bond donors (Lipinski definition) is 1. The molecular weight excluding hydrogens is 463 g/mol. The van der Waals surface area contributed by atoms with Crippen LogP contribution in [-0.2, 0) is 6.18 Å². The Kier molecular flexibility index (Phi) is 5.27. The third-order valence-corrected chi connectivity index (χ3v) is 6.47. The number of nitrogens with zero attached hydrogens (tertiary/aromatic N) is 6. The lowest BCUT2D eigenvalue weighted by Gasteiger charge is -2.34. The monoisotopic (exact) mass is 481 g/mol. The van der Waals surface area contributed by atoms with Crippen molar-refractivity contribution in [2.24, 2.45) is 0 Å². The van der Waals surface area contributed by atoms with Crippen LogP contribution in [0.25, 0.3) is 11.0 Å². The summed E-state index contributed by atoms with van der Waals surface area (Å²) in [6.45, 7) is 1.66. The minimum absolute atomic E-state index is 0.00237. The van der Waals surface area contributed by atoms with Gasteiger partial charge in [-0.3, -0.25) is 9.78 Å². The van der Waals surface area contributed by atoms with E-state index in [1.165, 1.54) is 16.9 Å². The zero-order valence-corrected chi connectivity index (χ0v) is 18.3. The summed E-state index contributed by atoms with van der Waals surface area (Å²) < 4.78 is 40.8. The van der Waals surface area contributed by atoms with E-state index in [9.17, 15) is 28.4 Å². The van der Waals surface area contributed by atoms with Gasteiger partial charge in [0.2, 0.25) is 0 Å². The first-order valence-corrected chi connectivity index (χ1v) is 10.8. The van der Waals surface area contributed by atoms with E-state index < -0.39 is 23.5 Å². The fourth-order valence-electron chi connectivity index (χ4n) is 4.46. The molecule has 0 radical (unpaired) electrons. The normalized spacial score (nSPS) is 18.7. The van der Waals surface area contributed by atoms with E-state index in [0.29, 0.717) is 23.5 Å². The molecule has 1 fully saturated rings. The predicted molar refractivity (Wildman–Crippen MR) is 116 cm³/mol. The zero-order valence-electron chi connectivity index (χ0n) is 18.3. The van der Waals surface area contributed by atoms with E-state index in [1.807, 2.05) is 6.07 Å². The van der Waals surface area contributed by atoms with Gasteiger partial charge in [0.05, 0.1) is 12.0 Å². The molecule has 9 nitrogen and oxygen atoms in total. The number of nitriles is 1. The van der Waals surface area contributed by atoms with E-state index in [-0.39, 0.29) is 28.6 Å². The fraction of sp³-hybridized carbons (Fsp3) is 0.304. The molecule has 5 rings (SSSR count). The number of hydrogen-bond acceptors (Lipinski definition) is 6. The van der Waals surface area contributed by atoms with Crippen LogP contribution >= 0.6 is 0 Å². The van der Waals surface area contributed by atoms with Crippen LogP contribution in [0.2, 0.25) is 0 Å². The Morgan fingerprint density at radius 2 is 2.03 bits per heavy atom. The van der Waals surface area contributed by atoms with Crippen molar-refractivity contribution >= 4 is 11.0 Å². The molecule has 1 unspecified atom stereocenters. The summed E-state index contributed by atoms with van der Waals surface area (Å²) in [5.41, 5.74) is -0.602. The molecule has 0 aromatic carbocycles. The topological polar surface area (TPSA) is 127 Å². The van der Waals surface area contributed by atoms with Crippen LogP contribution in [0.5, 0.6) is 0 Å². The maximum Gasteiger partial charge on any atom is 0.433 e. The summed E-state index contributed by atoms with van der Waals surface area (Å²) in [7, 11) is 0. The van der Waals surface area contributed by atoms with Gasteiger partial charge in [0.25, 0.3) is 5.56 Å². The summed E-state index contributed by atoms with van der Waals surface area (Å²) >= 11 is 0. The van der Waals surface area contributed by atoms with Gasteiger partial charge in [-0.25, -0.2) is 9.67 Å². The van der Waals surface area contributed by atoms with Crippen molar-refractivity contribution in [2.75, 3.05) is 0 Å². The second kappa shape index (κ2) is 8.19. The first kappa shape index (κ1) is 22.5. The molecule has 4 aromatic rings. The molecular formula is C23H18F3N7O2. The lowest BCUT2D eigenvalue weighted by atomic mass is 9.71. The molecule has 1 saturated carbocycles. The predicted octanol–water partition coefficient (Wildman–Crippen LogP) is 3.31. The molecule has 35 heavy (non-hydrogen) atoms. The van der Waals surface area contributed by atoms with Crippen molar-refractivity contribution in [3.63, 3.8) is 0 Å². The van der Waals surface area contributed by atoms with Crippen LogP contribution in [-0.4, -0.2) is 24.7 Å². The van der Waals surface area contributed by atoms with Crippen molar-refractivity contribution in [1.29, 1.82) is 5.26 Å². The number of aromatic amines is 1. The number of alkyl halides is 3. The Hall–Kier alpha value is -4.27. The van der Waals surface area contributed by atoms with Gasteiger partial charge in [-0.2, -0.15) is 28.3 Å². The molecule has 0 aliphatic heterocycles. The van der Waals surface area contributed by atoms with Gasteiger partial charge in [0.1, 0.15) is 23.0 Å². The zero-order chi connectivity index (χ0) is 24.9. The van der Waals surface area contributed by atoms with Crippen LogP contribution in [0.15, 0.2) is 47.5 Å². The first-order chi connectivity index (χ1) is 16.7. The highest BCUT2D eigenvalue weighted by Gasteiger charge is 2.40. The van der Waals surface area contributed by atoms with Crippen LogP contribution in [0.3, 0.4) is 0 Å². The number of H-pyrrole nitrogens is 1. The molecule has 1 aliphatic rings. The average molecular weight is 481 g/mol. The molecule has 1 N–H and O–H groups in total. The summed E-state index contributed by atoms with van der Waals surface area (Å²) in [5, 5.41) is 26.0. The third kappa shape index (κ3) is 3.78. The average Bonchev–Trinajstić information content (AvgIpc) is 3.18. The van der Waals surface area contributed by atoms with E-state index >= 15 is 0 Å². The van der Waals surface area contributed by atoms with Gasteiger partial charge in [-0.05, 0) is 31.4 Å². The molecule has 178 valence electrons. The molecule has 1 aliphatic carbocycles. The van der Waals surface area contributed by atoms with Crippen molar-refractivity contribution in [2.45, 2.75) is 43.8 Å². The smallest absolute Gasteiger partial charge is 0.433 e. The Balaban J connectivity index is 1.58. The molecule has 3 atom stereocenters. The van der Waals surface area contributed by atoms with Gasteiger partial charge in [0, 0.05) is 24.2 Å². The molecule has 0 spiro atoms. The largest absolute Gasteiger partial charge is 0.618 e. The number of rotatable bonds is 4. The van der Waals surface area contributed by atoms with Crippen LogP contribution in [0.1, 0.15) is 66.1 Å². The summed E-state index contributed by atoms with van der Waals surface area (Å²) in [6, 6.07) is 8.51. The van der Waals surface area contributed by atoms with Gasteiger partial charge in [-0.15, -0.1) is 0 Å². The molecule has 0 bridgehead atoms. The van der Waals surface area contributed by atoms with Crippen molar-refractivity contribution in [3.8, 4) is 6.07 Å². The Morgan fingerprint density at radius 3 is 2.63 bits per heavy atom. The molecule has 0 saturated heterocycles. The Labute approximate surface area is 196 Å². The molecule has 12 heteroatoms. The number of pyridine rings is 2.